The van der Waals surface area contributed by atoms with Gasteiger partial charge in [-0.25, -0.2) is 0 Å². The molecule has 1 aromatic carbocycles. The third-order valence-electron chi connectivity index (χ3n) is 1.52. The van der Waals surface area contributed by atoms with Gasteiger partial charge in [0.2, 0.25) is 0 Å². The first-order valence-corrected chi connectivity index (χ1v) is 5.06. The standard InChI is InChI=1S/C9H9Br2N/c1-2-9(12)6-3-7(10)5-8(11)4-6/h2-5,9H,1,12H2/t9-/m1/s1. The van der Waals surface area contributed by atoms with Gasteiger partial charge < -0.3 is 5.73 Å². The highest BCUT2D eigenvalue weighted by Gasteiger charge is 2.02. The van der Waals surface area contributed by atoms with Crippen LogP contribution in [0.15, 0.2) is 39.8 Å². The van der Waals surface area contributed by atoms with Crippen molar-refractivity contribution in [3.8, 4) is 0 Å². The number of rotatable bonds is 2. The molecule has 1 aromatic rings. The van der Waals surface area contributed by atoms with Crippen LogP contribution >= 0.6 is 31.9 Å². The van der Waals surface area contributed by atoms with Gasteiger partial charge in [0.05, 0.1) is 0 Å². The molecule has 1 nitrogen and oxygen atoms in total. The van der Waals surface area contributed by atoms with Crippen LogP contribution in [0.5, 0.6) is 0 Å². The summed E-state index contributed by atoms with van der Waals surface area (Å²) in [6.07, 6.45) is 1.72. The lowest BCUT2D eigenvalue weighted by Gasteiger charge is -2.07. The van der Waals surface area contributed by atoms with Gasteiger partial charge in [-0.3, -0.25) is 0 Å². The summed E-state index contributed by atoms with van der Waals surface area (Å²) in [4.78, 5) is 0. The molecule has 0 unspecified atom stereocenters. The third kappa shape index (κ3) is 2.44. The van der Waals surface area contributed by atoms with Gasteiger partial charge in [-0.1, -0.05) is 37.9 Å². The van der Waals surface area contributed by atoms with E-state index in [4.69, 9.17) is 5.73 Å². The summed E-state index contributed by atoms with van der Waals surface area (Å²) < 4.78 is 2.04. The van der Waals surface area contributed by atoms with E-state index in [-0.39, 0.29) is 6.04 Å². The monoisotopic (exact) mass is 289 g/mol. The summed E-state index contributed by atoms with van der Waals surface area (Å²) in [5, 5.41) is 0. The van der Waals surface area contributed by atoms with Crippen molar-refractivity contribution in [1.82, 2.24) is 0 Å². The lowest BCUT2D eigenvalue weighted by molar-refractivity contribution is 0.912. The Balaban J connectivity index is 3.08. The van der Waals surface area contributed by atoms with E-state index >= 15 is 0 Å². The highest BCUT2D eigenvalue weighted by atomic mass is 79.9. The SMILES string of the molecule is C=C[C@@H](N)c1cc(Br)cc(Br)c1. The fourth-order valence-electron chi connectivity index (χ4n) is 0.904. The van der Waals surface area contributed by atoms with Crippen LogP contribution in [0.2, 0.25) is 0 Å². The molecule has 0 aliphatic heterocycles. The molecule has 3 heteroatoms. The second kappa shape index (κ2) is 4.21. The second-order valence-corrected chi connectivity index (χ2v) is 4.30. The van der Waals surface area contributed by atoms with Gasteiger partial charge >= 0.3 is 0 Å². The van der Waals surface area contributed by atoms with E-state index in [1.54, 1.807) is 6.08 Å². The van der Waals surface area contributed by atoms with Gasteiger partial charge in [-0.05, 0) is 23.8 Å². The Morgan fingerprint density at radius 1 is 1.25 bits per heavy atom. The first kappa shape index (κ1) is 9.96. The van der Waals surface area contributed by atoms with E-state index < -0.39 is 0 Å². The van der Waals surface area contributed by atoms with Crippen LogP contribution in [-0.4, -0.2) is 0 Å². The first-order valence-electron chi connectivity index (χ1n) is 3.47. The average Bonchev–Trinajstić information content (AvgIpc) is 2.01. The number of hydrogen-bond acceptors (Lipinski definition) is 1. The van der Waals surface area contributed by atoms with Crippen LogP contribution < -0.4 is 5.73 Å². The first-order chi connectivity index (χ1) is 5.63. The number of nitrogens with two attached hydrogens (primary N) is 1. The highest BCUT2D eigenvalue weighted by molar-refractivity contribution is 9.11. The van der Waals surface area contributed by atoms with E-state index in [1.165, 1.54) is 0 Å². The molecule has 0 bridgehead atoms. The molecule has 0 spiro atoms. The molecule has 0 aliphatic rings. The quantitative estimate of drug-likeness (QED) is 0.830. The Labute approximate surface area is 88.9 Å². The molecule has 0 heterocycles. The van der Waals surface area contributed by atoms with Crippen molar-refractivity contribution in [2.24, 2.45) is 5.73 Å². The molecule has 2 N–H and O–H groups in total. The molecule has 12 heavy (non-hydrogen) atoms. The van der Waals surface area contributed by atoms with Crippen molar-refractivity contribution >= 4 is 31.9 Å². The van der Waals surface area contributed by atoms with Crippen LogP contribution in [0.4, 0.5) is 0 Å². The fourth-order valence-corrected chi connectivity index (χ4v) is 2.23. The summed E-state index contributed by atoms with van der Waals surface area (Å²) in [6.45, 7) is 3.64. The van der Waals surface area contributed by atoms with Gasteiger partial charge in [0.25, 0.3) is 0 Å². The van der Waals surface area contributed by atoms with Crippen molar-refractivity contribution in [3.05, 3.63) is 45.4 Å². The summed E-state index contributed by atoms with van der Waals surface area (Å²) >= 11 is 6.78. The van der Waals surface area contributed by atoms with Crippen LogP contribution in [0.1, 0.15) is 11.6 Å². The molecule has 1 atom stereocenters. The Hall–Kier alpha value is -0.120. The predicted octanol–water partition coefficient (Wildman–Crippen LogP) is 3.40. The Morgan fingerprint density at radius 3 is 2.17 bits per heavy atom. The minimum atomic E-state index is -0.0983. The lowest BCUT2D eigenvalue weighted by Crippen LogP contribution is -2.06. The molecule has 0 saturated heterocycles. The summed E-state index contributed by atoms with van der Waals surface area (Å²) in [6, 6.07) is 5.84. The molecule has 0 radical (unpaired) electrons. The Morgan fingerprint density at radius 2 is 1.75 bits per heavy atom. The van der Waals surface area contributed by atoms with Crippen LogP contribution in [0.3, 0.4) is 0 Å². The van der Waals surface area contributed by atoms with E-state index in [0.717, 1.165) is 14.5 Å². The van der Waals surface area contributed by atoms with Crippen LogP contribution in [0.25, 0.3) is 0 Å². The zero-order valence-electron chi connectivity index (χ0n) is 6.43. The van der Waals surface area contributed by atoms with Crippen molar-refractivity contribution in [2.75, 3.05) is 0 Å². The lowest BCUT2D eigenvalue weighted by atomic mass is 10.1. The largest absolute Gasteiger partial charge is 0.321 e. The molecule has 64 valence electrons. The van der Waals surface area contributed by atoms with Gasteiger partial charge in [0, 0.05) is 15.0 Å². The second-order valence-electron chi connectivity index (χ2n) is 2.46. The topological polar surface area (TPSA) is 26.0 Å². The van der Waals surface area contributed by atoms with Crippen LogP contribution in [0, 0.1) is 0 Å². The van der Waals surface area contributed by atoms with Gasteiger partial charge in [-0.15, -0.1) is 6.58 Å². The Kier molecular flexibility index (Phi) is 3.50. The molecule has 1 rings (SSSR count). The molecule has 0 aliphatic carbocycles. The zero-order chi connectivity index (χ0) is 9.14. The summed E-state index contributed by atoms with van der Waals surface area (Å²) in [5.41, 5.74) is 6.82. The third-order valence-corrected chi connectivity index (χ3v) is 2.44. The van der Waals surface area contributed by atoms with Crippen molar-refractivity contribution in [1.29, 1.82) is 0 Å². The molecule has 0 fully saturated rings. The van der Waals surface area contributed by atoms with Crippen molar-refractivity contribution in [2.45, 2.75) is 6.04 Å². The maximum absolute atomic E-state index is 5.77. The van der Waals surface area contributed by atoms with Gasteiger partial charge in [0.15, 0.2) is 0 Å². The number of hydrogen-bond donors (Lipinski definition) is 1. The molecule has 0 saturated carbocycles. The van der Waals surface area contributed by atoms with E-state index in [1.807, 2.05) is 18.2 Å². The van der Waals surface area contributed by atoms with Crippen molar-refractivity contribution < 1.29 is 0 Å². The molecular weight excluding hydrogens is 282 g/mol. The molecule has 0 amide bonds. The maximum atomic E-state index is 5.77. The summed E-state index contributed by atoms with van der Waals surface area (Å²) in [7, 11) is 0. The highest BCUT2D eigenvalue weighted by Crippen LogP contribution is 2.23. The minimum Gasteiger partial charge on any atom is -0.321 e. The Bertz CT molecular complexity index is 276. The minimum absolute atomic E-state index is 0.0983. The van der Waals surface area contributed by atoms with E-state index in [0.29, 0.717) is 0 Å². The van der Waals surface area contributed by atoms with Crippen LogP contribution in [-0.2, 0) is 0 Å². The number of benzene rings is 1. The van der Waals surface area contributed by atoms with Gasteiger partial charge in [0.1, 0.15) is 0 Å². The average molecular weight is 291 g/mol. The normalized spacial score (nSPS) is 12.6. The van der Waals surface area contributed by atoms with Gasteiger partial charge in [-0.2, -0.15) is 0 Å². The van der Waals surface area contributed by atoms with E-state index in [9.17, 15) is 0 Å². The zero-order valence-corrected chi connectivity index (χ0v) is 9.60. The van der Waals surface area contributed by atoms with Crippen molar-refractivity contribution in [3.63, 3.8) is 0 Å². The number of halogens is 2. The smallest absolute Gasteiger partial charge is 0.0479 e. The maximum Gasteiger partial charge on any atom is 0.0479 e. The fraction of sp³-hybridized carbons (Fsp3) is 0.111. The van der Waals surface area contributed by atoms with E-state index in [2.05, 4.69) is 38.4 Å². The molecular formula is C9H9Br2N. The molecule has 0 aromatic heterocycles. The predicted molar refractivity (Wildman–Crippen MR) is 59.0 cm³/mol. The summed E-state index contributed by atoms with van der Waals surface area (Å²) in [5.74, 6) is 0.